The van der Waals surface area contributed by atoms with Gasteiger partial charge in [-0.1, -0.05) is 11.6 Å². The largest absolute Gasteiger partial charge is 0.341 e. The van der Waals surface area contributed by atoms with Gasteiger partial charge in [0.15, 0.2) is 9.84 Å². The highest BCUT2D eigenvalue weighted by Gasteiger charge is 2.23. The Kier molecular flexibility index (Phi) is 5.95. The van der Waals surface area contributed by atoms with Crippen LogP contribution >= 0.6 is 11.6 Å². The first-order chi connectivity index (χ1) is 16.3. The molecule has 4 aromatic rings. The Morgan fingerprint density at radius 1 is 1.06 bits per heavy atom. The maximum Gasteiger partial charge on any atom is 0.225 e. The Bertz CT molecular complexity index is 1450. The second-order valence-corrected chi connectivity index (χ2v) is 10.9. The zero-order valence-electron chi connectivity index (χ0n) is 18.4. The van der Waals surface area contributed by atoms with E-state index in [0.29, 0.717) is 27.7 Å². The molecule has 0 bridgehead atoms. The van der Waals surface area contributed by atoms with Gasteiger partial charge in [0, 0.05) is 43.3 Å². The number of hydrogen-bond donors (Lipinski definition) is 0. The molecule has 176 valence electrons. The number of nitrogens with zero attached hydrogens (tertiary/aromatic N) is 6. The predicted octanol–water partition coefficient (Wildman–Crippen LogP) is 3.85. The molecule has 4 aromatic heterocycles. The van der Waals surface area contributed by atoms with Crippen LogP contribution in [0.4, 0.5) is 10.3 Å². The third-order valence-electron chi connectivity index (χ3n) is 6.12. The molecular formula is C23H22ClFN6O2S. The van der Waals surface area contributed by atoms with Crippen molar-refractivity contribution in [3.05, 3.63) is 71.3 Å². The molecule has 0 aromatic carbocycles. The summed E-state index contributed by atoms with van der Waals surface area (Å²) < 4.78 is 40.3. The second-order valence-electron chi connectivity index (χ2n) is 8.46. The van der Waals surface area contributed by atoms with Crippen molar-refractivity contribution in [1.29, 1.82) is 0 Å². The minimum absolute atomic E-state index is 0.153. The molecule has 1 aliphatic rings. The molecule has 11 heteroatoms. The van der Waals surface area contributed by atoms with Crippen LogP contribution in [0.3, 0.4) is 0 Å². The molecule has 0 atom stereocenters. The summed E-state index contributed by atoms with van der Waals surface area (Å²) in [7, 11) is -3.35. The first kappa shape index (κ1) is 22.7. The van der Waals surface area contributed by atoms with Gasteiger partial charge in [-0.25, -0.2) is 27.8 Å². The number of anilines is 1. The summed E-state index contributed by atoms with van der Waals surface area (Å²) in [5.74, 6) is 0.498. The SMILES string of the molecule is CS(=O)(=O)c1cnc2c(ccn2Cc2ncc(C3CCN(c4ncc(Cl)cn4)CC3)cc2F)c1. The summed E-state index contributed by atoms with van der Waals surface area (Å²) in [5, 5.41) is 1.18. The molecule has 0 spiro atoms. The number of piperidine rings is 1. The van der Waals surface area contributed by atoms with Crippen LogP contribution in [0.1, 0.15) is 30.0 Å². The van der Waals surface area contributed by atoms with Gasteiger partial charge in [0.2, 0.25) is 5.95 Å². The van der Waals surface area contributed by atoms with Crippen LogP contribution in [0, 0.1) is 5.82 Å². The average Bonchev–Trinajstić information content (AvgIpc) is 3.22. The summed E-state index contributed by atoms with van der Waals surface area (Å²) >= 11 is 5.86. The number of aromatic nitrogens is 5. The standard InChI is InChI=1S/C23H22ClFN6O2S/c1-34(32,33)19-8-16-4-7-31(22(16)27-13-19)14-21-20(25)9-17(10-26-21)15-2-5-30(6-3-15)23-28-11-18(24)12-29-23/h4,7-13,15H,2-3,5-6,14H2,1H3. The summed E-state index contributed by atoms with van der Waals surface area (Å²) in [6.45, 7) is 1.74. The van der Waals surface area contributed by atoms with Crippen molar-refractivity contribution in [2.75, 3.05) is 24.2 Å². The van der Waals surface area contributed by atoms with Crippen LogP contribution in [0.25, 0.3) is 11.0 Å². The molecule has 1 fully saturated rings. The fraction of sp³-hybridized carbons (Fsp3) is 0.304. The zero-order valence-corrected chi connectivity index (χ0v) is 20.0. The molecule has 0 saturated carbocycles. The van der Waals surface area contributed by atoms with E-state index in [1.54, 1.807) is 47.6 Å². The number of sulfone groups is 1. The van der Waals surface area contributed by atoms with E-state index >= 15 is 0 Å². The maximum atomic E-state index is 15.0. The fourth-order valence-corrected chi connectivity index (χ4v) is 4.93. The number of pyridine rings is 2. The summed E-state index contributed by atoms with van der Waals surface area (Å²) in [6, 6.07) is 4.91. The van der Waals surface area contributed by atoms with Crippen molar-refractivity contribution in [3.8, 4) is 0 Å². The lowest BCUT2D eigenvalue weighted by Gasteiger charge is -2.32. The highest BCUT2D eigenvalue weighted by Crippen LogP contribution is 2.30. The summed E-state index contributed by atoms with van der Waals surface area (Å²) in [5.41, 5.74) is 1.77. The van der Waals surface area contributed by atoms with Gasteiger partial charge in [0.25, 0.3) is 0 Å². The van der Waals surface area contributed by atoms with Crippen LogP contribution in [0.2, 0.25) is 5.02 Å². The Morgan fingerprint density at radius 3 is 2.47 bits per heavy atom. The second kappa shape index (κ2) is 8.92. The Morgan fingerprint density at radius 2 is 1.79 bits per heavy atom. The van der Waals surface area contributed by atoms with Crippen LogP contribution < -0.4 is 4.90 Å². The topological polar surface area (TPSA) is 93.9 Å². The summed E-state index contributed by atoms with van der Waals surface area (Å²) in [6.07, 6.45) is 10.8. The van der Waals surface area contributed by atoms with E-state index in [1.165, 1.54) is 6.20 Å². The quantitative estimate of drug-likeness (QED) is 0.411. The van der Waals surface area contributed by atoms with Crippen molar-refractivity contribution >= 4 is 38.4 Å². The van der Waals surface area contributed by atoms with Crippen molar-refractivity contribution < 1.29 is 12.8 Å². The fourth-order valence-electron chi connectivity index (χ4n) is 4.25. The molecular weight excluding hydrogens is 479 g/mol. The van der Waals surface area contributed by atoms with Gasteiger partial charge in [-0.3, -0.25) is 4.98 Å². The average molecular weight is 501 g/mol. The van der Waals surface area contributed by atoms with Crippen molar-refractivity contribution in [1.82, 2.24) is 24.5 Å². The lowest BCUT2D eigenvalue weighted by atomic mass is 9.90. The molecule has 5 heterocycles. The minimum Gasteiger partial charge on any atom is -0.341 e. The van der Waals surface area contributed by atoms with Gasteiger partial charge >= 0.3 is 0 Å². The molecule has 5 rings (SSSR count). The molecule has 0 radical (unpaired) electrons. The lowest BCUT2D eigenvalue weighted by Crippen LogP contribution is -2.34. The van der Waals surface area contributed by atoms with Gasteiger partial charge in [0.05, 0.1) is 34.6 Å². The third-order valence-corrected chi connectivity index (χ3v) is 7.39. The monoisotopic (exact) mass is 500 g/mol. The van der Waals surface area contributed by atoms with E-state index in [-0.39, 0.29) is 23.2 Å². The van der Waals surface area contributed by atoms with E-state index in [4.69, 9.17) is 11.6 Å². The van der Waals surface area contributed by atoms with E-state index in [2.05, 4.69) is 24.8 Å². The molecule has 0 aliphatic carbocycles. The number of halogens is 2. The summed E-state index contributed by atoms with van der Waals surface area (Å²) in [4.78, 5) is 19.5. The highest BCUT2D eigenvalue weighted by molar-refractivity contribution is 7.90. The smallest absolute Gasteiger partial charge is 0.225 e. The zero-order chi connectivity index (χ0) is 23.9. The molecule has 34 heavy (non-hydrogen) atoms. The van der Waals surface area contributed by atoms with Crippen LogP contribution in [-0.4, -0.2) is 52.3 Å². The first-order valence-corrected chi connectivity index (χ1v) is 13.1. The first-order valence-electron chi connectivity index (χ1n) is 10.8. The van der Waals surface area contributed by atoms with Gasteiger partial charge in [-0.05, 0) is 42.5 Å². The van der Waals surface area contributed by atoms with Crippen molar-refractivity contribution in [2.24, 2.45) is 0 Å². The Balaban J connectivity index is 1.28. The third kappa shape index (κ3) is 4.60. The number of hydrogen-bond acceptors (Lipinski definition) is 7. The molecule has 0 amide bonds. The van der Waals surface area contributed by atoms with E-state index in [0.717, 1.165) is 37.8 Å². The van der Waals surface area contributed by atoms with Gasteiger partial charge in [0.1, 0.15) is 11.5 Å². The van der Waals surface area contributed by atoms with Gasteiger partial charge < -0.3 is 9.47 Å². The Labute approximate surface area is 201 Å². The van der Waals surface area contributed by atoms with E-state index in [1.807, 2.05) is 0 Å². The normalized spacial score (nSPS) is 15.2. The van der Waals surface area contributed by atoms with Crippen LogP contribution in [-0.2, 0) is 16.4 Å². The minimum atomic E-state index is -3.35. The lowest BCUT2D eigenvalue weighted by molar-refractivity contribution is 0.493. The molecule has 1 saturated heterocycles. The predicted molar refractivity (Wildman–Crippen MR) is 127 cm³/mol. The Hall–Kier alpha value is -3.11. The highest BCUT2D eigenvalue weighted by atomic mass is 35.5. The van der Waals surface area contributed by atoms with Crippen LogP contribution in [0.5, 0.6) is 0 Å². The van der Waals surface area contributed by atoms with E-state index < -0.39 is 9.84 Å². The van der Waals surface area contributed by atoms with E-state index in [9.17, 15) is 12.8 Å². The maximum absolute atomic E-state index is 15.0. The molecule has 0 unspecified atom stereocenters. The van der Waals surface area contributed by atoms with Crippen molar-refractivity contribution in [2.45, 2.75) is 30.2 Å². The molecule has 8 nitrogen and oxygen atoms in total. The number of rotatable bonds is 5. The van der Waals surface area contributed by atoms with Crippen molar-refractivity contribution in [3.63, 3.8) is 0 Å². The molecule has 0 N–H and O–H groups in total. The van der Waals surface area contributed by atoms with Gasteiger partial charge in [-0.15, -0.1) is 0 Å². The number of fused-ring (bicyclic) bond motifs is 1. The molecule has 1 aliphatic heterocycles. The van der Waals surface area contributed by atoms with Gasteiger partial charge in [-0.2, -0.15) is 0 Å². The van der Waals surface area contributed by atoms with Crippen LogP contribution in [0.15, 0.2) is 54.1 Å².